The Hall–Kier alpha value is -1.54. The van der Waals surface area contributed by atoms with E-state index in [-0.39, 0.29) is 0 Å². The van der Waals surface area contributed by atoms with Crippen LogP contribution in [0.5, 0.6) is 0 Å². The third-order valence-electron chi connectivity index (χ3n) is 2.50. The van der Waals surface area contributed by atoms with Crippen molar-refractivity contribution in [2.45, 2.75) is 11.6 Å². The molecule has 0 spiro atoms. The molecule has 2 heterocycles. The number of pyridine rings is 1. The zero-order valence-electron chi connectivity index (χ0n) is 9.07. The van der Waals surface area contributed by atoms with E-state index in [0.29, 0.717) is 39.8 Å². The Morgan fingerprint density at radius 1 is 1.35 bits per heavy atom. The van der Waals surface area contributed by atoms with Crippen LogP contribution in [0.1, 0.15) is 11.1 Å². The van der Waals surface area contributed by atoms with Crippen LogP contribution in [0.2, 0.25) is 0 Å². The molecule has 2 rings (SSSR count). The van der Waals surface area contributed by atoms with E-state index in [2.05, 4.69) is 22.8 Å². The lowest BCUT2D eigenvalue weighted by Crippen LogP contribution is -2.34. The van der Waals surface area contributed by atoms with E-state index in [1.165, 1.54) is 11.8 Å². The van der Waals surface area contributed by atoms with E-state index in [1.807, 2.05) is 6.26 Å². The second-order valence-corrected chi connectivity index (χ2v) is 4.55. The highest BCUT2D eigenvalue weighted by Crippen LogP contribution is 2.31. The Balaban J connectivity index is 2.88. The largest absolute Gasteiger partial charge is 0.358 e. The van der Waals surface area contributed by atoms with Gasteiger partial charge in [-0.3, -0.25) is 5.32 Å². The van der Waals surface area contributed by atoms with E-state index in [9.17, 15) is 5.26 Å². The number of hydrogen-bond donors (Lipinski definition) is 2. The van der Waals surface area contributed by atoms with Gasteiger partial charge in [0.25, 0.3) is 0 Å². The van der Waals surface area contributed by atoms with Crippen molar-refractivity contribution in [2.24, 2.45) is 0 Å². The van der Waals surface area contributed by atoms with Gasteiger partial charge in [-0.15, -0.1) is 11.8 Å². The van der Waals surface area contributed by atoms with Crippen LogP contribution in [0, 0.1) is 27.3 Å². The van der Waals surface area contributed by atoms with E-state index >= 15 is 0 Å². The van der Waals surface area contributed by atoms with Gasteiger partial charge in [-0.05, 0) is 6.26 Å². The molecule has 17 heavy (non-hydrogen) atoms. The predicted octanol–water partition coefficient (Wildman–Crippen LogP) is 1.61. The molecule has 86 valence electrons. The van der Waals surface area contributed by atoms with Crippen LogP contribution in [-0.4, -0.2) is 17.5 Å². The van der Waals surface area contributed by atoms with Gasteiger partial charge < -0.3 is 9.88 Å². The Morgan fingerprint density at radius 3 is 2.65 bits per heavy atom. The first-order valence-corrected chi connectivity index (χ1v) is 6.47. The fraction of sp³-hybridized carbons (Fsp3) is 0.300. The van der Waals surface area contributed by atoms with Crippen LogP contribution in [0.15, 0.2) is 4.90 Å². The summed E-state index contributed by atoms with van der Waals surface area (Å²) in [7, 11) is 0. The third kappa shape index (κ3) is 1.79. The zero-order valence-corrected chi connectivity index (χ0v) is 10.7. The second-order valence-electron chi connectivity index (χ2n) is 3.35. The Kier molecular flexibility index (Phi) is 3.34. The lowest BCUT2D eigenvalue weighted by molar-refractivity contribution is 0.539. The average molecular weight is 263 g/mol. The lowest BCUT2D eigenvalue weighted by atomic mass is 10.2. The van der Waals surface area contributed by atoms with Gasteiger partial charge in [-0.25, -0.2) is 0 Å². The van der Waals surface area contributed by atoms with Gasteiger partial charge in [-0.2, -0.15) is 10.5 Å². The number of nitriles is 2. The fourth-order valence-electron chi connectivity index (χ4n) is 1.76. The summed E-state index contributed by atoms with van der Waals surface area (Å²) in [6.45, 7) is 1.10. The third-order valence-corrected chi connectivity index (χ3v) is 3.74. The summed E-state index contributed by atoms with van der Waals surface area (Å²) in [6, 6.07) is 4.23. The summed E-state index contributed by atoms with van der Waals surface area (Å²) in [5.41, 5.74) is 0.891. The topological polar surface area (TPSA) is 76.6 Å². The summed E-state index contributed by atoms with van der Waals surface area (Å²) in [5.74, 6) is 0.694. The SMILES string of the molecule is CSc1c(C#N)c2n(c(=S)c1C#N)CNCN2. The minimum absolute atomic E-state index is 0.401. The van der Waals surface area contributed by atoms with Crippen LogP contribution in [0.25, 0.3) is 0 Å². The van der Waals surface area contributed by atoms with Gasteiger partial charge >= 0.3 is 0 Å². The van der Waals surface area contributed by atoms with Crippen molar-refractivity contribution in [1.29, 1.82) is 10.5 Å². The van der Waals surface area contributed by atoms with Gasteiger partial charge in [0.1, 0.15) is 33.7 Å². The maximum Gasteiger partial charge on any atom is 0.128 e. The molecule has 0 radical (unpaired) electrons. The molecule has 0 bridgehead atoms. The highest BCUT2D eigenvalue weighted by molar-refractivity contribution is 7.98. The molecule has 7 heteroatoms. The molecule has 0 amide bonds. The smallest absolute Gasteiger partial charge is 0.128 e. The summed E-state index contributed by atoms with van der Waals surface area (Å²) < 4.78 is 2.21. The monoisotopic (exact) mass is 263 g/mol. The van der Waals surface area contributed by atoms with Gasteiger partial charge in [0.2, 0.25) is 0 Å². The number of nitrogens with zero attached hydrogens (tertiary/aromatic N) is 3. The van der Waals surface area contributed by atoms with E-state index in [1.54, 1.807) is 4.57 Å². The number of rotatable bonds is 1. The molecule has 0 saturated heterocycles. The van der Waals surface area contributed by atoms with Crippen molar-refractivity contribution in [3.63, 3.8) is 0 Å². The molecular formula is C10H9N5S2. The second kappa shape index (κ2) is 4.76. The van der Waals surface area contributed by atoms with Crippen molar-refractivity contribution in [3.05, 3.63) is 15.8 Å². The summed E-state index contributed by atoms with van der Waals surface area (Å²) >= 11 is 6.65. The van der Waals surface area contributed by atoms with Crippen molar-refractivity contribution in [1.82, 2.24) is 9.88 Å². The number of anilines is 1. The highest BCUT2D eigenvalue weighted by Gasteiger charge is 2.20. The van der Waals surface area contributed by atoms with E-state index < -0.39 is 0 Å². The van der Waals surface area contributed by atoms with Crippen molar-refractivity contribution in [3.8, 4) is 12.1 Å². The Bertz CT molecular complexity index is 605. The van der Waals surface area contributed by atoms with Crippen molar-refractivity contribution >= 4 is 29.8 Å². The van der Waals surface area contributed by atoms with E-state index in [4.69, 9.17) is 17.5 Å². The van der Waals surface area contributed by atoms with Crippen molar-refractivity contribution < 1.29 is 0 Å². The van der Waals surface area contributed by atoms with Gasteiger partial charge in [0.15, 0.2) is 0 Å². The van der Waals surface area contributed by atoms with Crippen molar-refractivity contribution in [2.75, 3.05) is 18.2 Å². The number of fused-ring (bicyclic) bond motifs is 1. The molecule has 0 aromatic carbocycles. The molecular weight excluding hydrogens is 254 g/mol. The average Bonchev–Trinajstić information content (AvgIpc) is 2.38. The molecule has 0 atom stereocenters. The van der Waals surface area contributed by atoms with Crippen LogP contribution >= 0.6 is 24.0 Å². The standard InChI is InChI=1S/C10H9N5S2/c1-17-8-6(2-11)9-14-4-13-5-15(9)10(16)7(8)3-12/h13-14H,4-5H2,1H3. The molecule has 0 aliphatic carbocycles. The molecule has 5 nitrogen and oxygen atoms in total. The summed E-state index contributed by atoms with van der Waals surface area (Å²) in [5, 5.41) is 24.6. The first-order chi connectivity index (χ1) is 8.24. The van der Waals surface area contributed by atoms with Gasteiger partial charge in [0.05, 0.1) is 13.3 Å². The normalized spacial score (nSPS) is 13.1. The molecule has 1 aliphatic heterocycles. The lowest BCUT2D eigenvalue weighted by Gasteiger charge is -2.24. The van der Waals surface area contributed by atoms with Crippen LogP contribution in [-0.2, 0) is 6.67 Å². The van der Waals surface area contributed by atoms with Crippen LogP contribution < -0.4 is 10.6 Å². The molecule has 1 aromatic heterocycles. The maximum absolute atomic E-state index is 9.24. The van der Waals surface area contributed by atoms with Crippen LogP contribution in [0.4, 0.5) is 5.82 Å². The minimum Gasteiger partial charge on any atom is -0.358 e. The molecule has 0 unspecified atom stereocenters. The highest BCUT2D eigenvalue weighted by atomic mass is 32.2. The Labute approximate surface area is 108 Å². The molecule has 1 aliphatic rings. The number of aromatic nitrogens is 1. The molecule has 0 fully saturated rings. The number of thioether (sulfide) groups is 1. The quantitative estimate of drug-likeness (QED) is 0.592. The van der Waals surface area contributed by atoms with E-state index in [0.717, 1.165) is 0 Å². The predicted molar refractivity (Wildman–Crippen MR) is 68.1 cm³/mol. The zero-order chi connectivity index (χ0) is 12.4. The summed E-state index contributed by atoms with van der Waals surface area (Å²) in [6.07, 6.45) is 1.84. The van der Waals surface area contributed by atoms with Gasteiger partial charge in [0, 0.05) is 4.90 Å². The summed E-state index contributed by atoms with van der Waals surface area (Å²) in [4.78, 5) is 0.653. The fourth-order valence-corrected chi connectivity index (χ4v) is 2.82. The first kappa shape index (κ1) is 11.9. The molecule has 2 N–H and O–H groups in total. The maximum atomic E-state index is 9.24. The van der Waals surface area contributed by atoms with Crippen LogP contribution in [0.3, 0.4) is 0 Å². The number of hydrogen-bond acceptors (Lipinski definition) is 6. The first-order valence-electron chi connectivity index (χ1n) is 4.84. The van der Waals surface area contributed by atoms with Gasteiger partial charge in [-0.1, -0.05) is 12.2 Å². The molecule has 1 aromatic rings. The molecule has 0 saturated carbocycles. The number of nitrogens with one attached hydrogen (secondary N) is 2. The Morgan fingerprint density at radius 2 is 2.06 bits per heavy atom. The minimum atomic E-state index is 0.401.